The van der Waals surface area contributed by atoms with Crippen molar-refractivity contribution in [3.05, 3.63) is 47.8 Å². The first-order chi connectivity index (χ1) is 17.5. The highest BCUT2D eigenvalue weighted by molar-refractivity contribution is 5.77. The minimum absolute atomic E-state index is 0.143. The molecule has 2 saturated heterocycles. The Morgan fingerprint density at radius 2 is 1.78 bits per heavy atom. The minimum Gasteiger partial charge on any atom is -0.487 e. The quantitative estimate of drug-likeness (QED) is 0.654. The Bertz CT molecular complexity index is 1090. The molecule has 0 aliphatic carbocycles. The SMILES string of the molecule is Cn1cc(CN2CCC3(CC2)CC(CC(=O)N2CCCC2)c2ccccc2O3)cn1.O=C(O)C(F)(F)F. The Kier molecular flexibility index (Phi) is 8.11. The van der Waals surface area contributed by atoms with Crippen LogP contribution in [-0.4, -0.2) is 74.5 Å². The predicted octanol–water partition coefficient (Wildman–Crippen LogP) is 3.97. The molecule has 8 nitrogen and oxygen atoms in total. The van der Waals surface area contributed by atoms with Gasteiger partial charge in [-0.1, -0.05) is 18.2 Å². The van der Waals surface area contributed by atoms with Gasteiger partial charge in [0, 0.05) is 63.9 Å². The van der Waals surface area contributed by atoms with Crippen molar-refractivity contribution in [2.24, 2.45) is 7.05 Å². The molecule has 11 heteroatoms. The number of halogens is 3. The summed E-state index contributed by atoms with van der Waals surface area (Å²) in [7, 11) is 1.96. The van der Waals surface area contributed by atoms with E-state index in [0.717, 1.165) is 70.6 Å². The number of likely N-dealkylation sites (tertiary alicyclic amines) is 2. The fourth-order valence-corrected chi connectivity index (χ4v) is 5.47. The van der Waals surface area contributed by atoms with Gasteiger partial charge in [0.05, 0.1) is 6.20 Å². The lowest BCUT2D eigenvalue weighted by molar-refractivity contribution is -0.192. The number of alkyl halides is 3. The maximum absolute atomic E-state index is 12.9. The summed E-state index contributed by atoms with van der Waals surface area (Å²) in [5.41, 5.74) is 2.33. The van der Waals surface area contributed by atoms with Crippen molar-refractivity contribution >= 4 is 11.9 Å². The maximum atomic E-state index is 12.9. The van der Waals surface area contributed by atoms with E-state index < -0.39 is 12.1 Å². The smallest absolute Gasteiger partial charge is 0.487 e. The van der Waals surface area contributed by atoms with Gasteiger partial charge in [0.15, 0.2) is 0 Å². The lowest BCUT2D eigenvalue weighted by atomic mass is 9.76. The molecule has 37 heavy (non-hydrogen) atoms. The molecule has 1 aromatic carbocycles. The normalized spacial score (nSPS) is 21.1. The molecule has 0 bridgehead atoms. The first-order valence-corrected chi connectivity index (χ1v) is 12.6. The largest absolute Gasteiger partial charge is 0.490 e. The van der Waals surface area contributed by atoms with Crippen LogP contribution in [0.5, 0.6) is 5.75 Å². The number of hydrogen-bond acceptors (Lipinski definition) is 5. The van der Waals surface area contributed by atoms with Crippen molar-refractivity contribution in [2.75, 3.05) is 26.2 Å². The summed E-state index contributed by atoms with van der Waals surface area (Å²) in [4.78, 5) is 26.4. The maximum Gasteiger partial charge on any atom is 0.490 e. The Hall–Kier alpha value is -3.08. The number of aryl methyl sites for hydroxylation is 1. The summed E-state index contributed by atoms with van der Waals surface area (Å²) in [5, 5.41) is 11.4. The van der Waals surface area contributed by atoms with Crippen LogP contribution in [0.25, 0.3) is 0 Å². The molecule has 1 aromatic heterocycles. The molecule has 1 N–H and O–H groups in total. The number of ether oxygens (including phenoxy) is 1. The third kappa shape index (κ3) is 6.82. The number of carboxylic acid groups (broad SMARTS) is 1. The predicted molar refractivity (Wildman–Crippen MR) is 129 cm³/mol. The zero-order valence-electron chi connectivity index (χ0n) is 20.9. The van der Waals surface area contributed by atoms with E-state index in [1.165, 1.54) is 11.1 Å². The highest BCUT2D eigenvalue weighted by Crippen LogP contribution is 2.46. The van der Waals surface area contributed by atoms with E-state index in [1.807, 2.05) is 17.9 Å². The number of carbonyl (C=O) groups excluding carboxylic acids is 1. The Morgan fingerprint density at radius 1 is 1.14 bits per heavy atom. The van der Waals surface area contributed by atoms with Crippen LogP contribution in [0.15, 0.2) is 36.7 Å². The second-order valence-electron chi connectivity index (χ2n) is 10.1. The van der Waals surface area contributed by atoms with Crippen molar-refractivity contribution in [3.8, 4) is 5.75 Å². The molecule has 0 saturated carbocycles. The molecule has 1 spiro atoms. The molecule has 1 atom stereocenters. The van der Waals surface area contributed by atoms with Gasteiger partial charge in [0.1, 0.15) is 11.4 Å². The van der Waals surface area contributed by atoms with Crippen LogP contribution in [0.3, 0.4) is 0 Å². The molecule has 3 aliphatic rings. The van der Waals surface area contributed by atoms with Crippen molar-refractivity contribution in [1.82, 2.24) is 19.6 Å². The third-order valence-electron chi connectivity index (χ3n) is 7.36. The standard InChI is InChI=1S/C24H32N4O2.C2HF3O2/c1-26-17-19(16-25-26)18-27-12-8-24(9-13-27)15-20(14-23(29)28-10-4-5-11-28)21-6-2-3-7-22(21)30-24;3-2(4,5)1(6)7/h2-3,6-7,16-17,20H,4-5,8-15,18H2,1H3;(H,6,7). The number of carbonyl (C=O) groups is 2. The van der Waals surface area contributed by atoms with Crippen LogP contribution < -0.4 is 4.74 Å². The van der Waals surface area contributed by atoms with Crippen molar-refractivity contribution in [2.45, 2.75) is 62.8 Å². The van der Waals surface area contributed by atoms with E-state index in [4.69, 9.17) is 14.6 Å². The van der Waals surface area contributed by atoms with Crippen LogP contribution in [0.4, 0.5) is 13.2 Å². The Balaban J connectivity index is 0.000000405. The summed E-state index contributed by atoms with van der Waals surface area (Å²) in [6.45, 7) is 4.83. The number of para-hydroxylation sites is 1. The highest BCUT2D eigenvalue weighted by Gasteiger charge is 2.44. The number of benzene rings is 1. The Labute approximate surface area is 214 Å². The van der Waals surface area contributed by atoms with E-state index in [9.17, 15) is 18.0 Å². The van der Waals surface area contributed by atoms with Crippen molar-refractivity contribution in [1.29, 1.82) is 0 Å². The number of nitrogens with zero attached hydrogens (tertiary/aromatic N) is 4. The lowest BCUT2D eigenvalue weighted by Gasteiger charge is -2.47. The summed E-state index contributed by atoms with van der Waals surface area (Å²) in [6.07, 6.45) is 4.84. The molecule has 0 radical (unpaired) electrons. The number of piperidine rings is 1. The first-order valence-electron chi connectivity index (χ1n) is 12.6. The third-order valence-corrected chi connectivity index (χ3v) is 7.36. The van der Waals surface area contributed by atoms with E-state index in [0.29, 0.717) is 12.3 Å². The summed E-state index contributed by atoms with van der Waals surface area (Å²) in [5.74, 6) is -1.19. The molecule has 3 aliphatic heterocycles. The van der Waals surface area contributed by atoms with E-state index in [-0.39, 0.29) is 11.5 Å². The number of amides is 1. The zero-order valence-corrected chi connectivity index (χ0v) is 20.9. The van der Waals surface area contributed by atoms with Crippen LogP contribution in [0.2, 0.25) is 0 Å². The van der Waals surface area contributed by atoms with Gasteiger partial charge in [0.2, 0.25) is 5.91 Å². The van der Waals surface area contributed by atoms with Gasteiger partial charge in [-0.25, -0.2) is 4.79 Å². The highest BCUT2D eigenvalue weighted by atomic mass is 19.4. The number of fused-ring (bicyclic) bond motifs is 1. The average molecular weight is 523 g/mol. The molecular weight excluding hydrogens is 489 g/mol. The van der Waals surface area contributed by atoms with Gasteiger partial charge in [-0.2, -0.15) is 18.3 Å². The van der Waals surface area contributed by atoms with Gasteiger partial charge >= 0.3 is 12.1 Å². The van der Waals surface area contributed by atoms with E-state index in [2.05, 4.69) is 45.4 Å². The monoisotopic (exact) mass is 522 g/mol. The van der Waals surface area contributed by atoms with Crippen LogP contribution in [0, 0.1) is 0 Å². The number of aliphatic carboxylic acids is 1. The summed E-state index contributed by atoms with van der Waals surface area (Å²) >= 11 is 0. The number of carboxylic acids is 1. The van der Waals surface area contributed by atoms with E-state index in [1.54, 1.807) is 0 Å². The summed E-state index contributed by atoms with van der Waals surface area (Å²) in [6, 6.07) is 8.37. The number of hydrogen-bond donors (Lipinski definition) is 1. The topological polar surface area (TPSA) is 87.9 Å². The lowest BCUT2D eigenvalue weighted by Crippen LogP contribution is -2.50. The van der Waals surface area contributed by atoms with Gasteiger partial charge < -0.3 is 14.7 Å². The number of aromatic nitrogens is 2. The molecule has 1 unspecified atom stereocenters. The molecule has 5 rings (SSSR count). The number of rotatable bonds is 4. The van der Waals surface area contributed by atoms with Gasteiger partial charge in [0.25, 0.3) is 0 Å². The van der Waals surface area contributed by atoms with Crippen molar-refractivity contribution < 1.29 is 32.6 Å². The molecule has 4 heterocycles. The van der Waals surface area contributed by atoms with Crippen LogP contribution in [0.1, 0.15) is 55.6 Å². The second kappa shape index (κ2) is 11.1. The van der Waals surface area contributed by atoms with Gasteiger partial charge in [-0.15, -0.1) is 0 Å². The molecule has 202 valence electrons. The van der Waals surface area contributed by atoms with Crippen LogP contribution in [-0.2, 0) is 23.2 Å². The average Bonchev–Trinajstić information content (AvgIpc) is 3.53. The van der Waals surface area contributed by atoms with Crippen LogP contribution >= 0.6 is 0 Å². The van der Waals surface area contributed by atoms with Crippen molar-refractivity contribution in [3.63, 3.8) is 0 Å². The first kappa shape index (κ1) is 27.0. The van der Waals surface area contributed by atoms with Gasteiger partial charge in [-0.05, 0) is 43.7 Å². The van der Waals surface area contributed by atoms with E-state index >= 15 is 0 Å². The second-order valence-corrected chi connectivity index (χ2v) is 10.1. The van der Waals surface area contributed by atoms with Gasteiger partial charge in [-0.3, -0.25) is 14.4 Å². The minimum atomic E-state index is -5.08. The fourth-order valence-electron chi connectivity index (χ4n) is 5.47. The summed E-state index contributed by atoms with van der Waals surface area (Å²) < 4.78 is 40.2. The molecular formula is C26H33F3N4O4. The fraction of sp³-hybridized carbons (Fsp3) is 0.577. The zero-order chi connectivity index (χ0) is 26.6. The molecule has 2 aromatic rings. The Morgan fingerprint density at radius 3 is 2.38 bits per heavy atom. The molecule has 2 fully saturated rings. The molecule has 1 amide bonds.